The molecule has 2 unspecified atom stereocenters. The molecular formula is C12H22N2S. The summed E-state index contributed by atoms with van der Waals surface area (Å²) < 4.78 is 0. The molecule has 1 aromatic rings. The summed E-state index contributed by atoms with van der Waals surface area (Å²) in [7, 11) is 0. The molecule has 0 radical (unpaired) electrons. The SMILES string of the molecule is CCCC(C)CC(NN)c1cscc1C. The molecule has 0 aliphatic heterocycles. The Hall–Kier alpha value is -0.380. The molecule has 15 heavy (non-hydrogen) atoms. The molecule has 0 bridgehead atoms. The summed E-state index contributed by atoms with van der Waals surface area (Å²) in [6.45, 7) is 6.69. The normalized spacial score (nSPS) is 15.2. The average Bonchev–Trinajstić information content (AvgIpc) is 2.61. The van der Waals surface area contributed by atoms with Crippen LogP contribution in [0.15, 0.2) is 10.8 Å². The summed E-state index contributed by atoms with van der Waals surface area (Å²) in [4.78, 5) is 0. The number of hydrazine groups is 1. The van der Waals surface area contributed by atoms with E-state index in [1.807, 2.05) is 0 Å². The van der Waals surface area contributed by atoms with Gasteiger partial charge in [-0.05, 0) is 41.1 Å². The van der Waals surface area contributed by atoms with Crippen molar-refractivity contribution in [2.75, 3.05) is 0 Å². The number of rotatable bonds is 6. The van der Waals surface area contributed by atoms with Crippen molar-refractivity contribution in [1.29, 1.82) is 0 Å². The maximum atomic E-state index is 5.63. The number of nitrogens with one attached hydrogen (secondary N) is 1. The Labute approximate surface area is 96.9 Å². The molecule has 3 heteroatoms. The Kier molecular flexibility index (Phi) is 5.29. The van der Waals surface area contributed by atoms with Crippen LogP contribution in [-0.4, -0.2) is 0 Å². The van der Waals surface area contributed by atoms with Crippen molar-refractivity contribution in [2.24, 2.45) is 11.8 Å². The lowest BCUT2D eigenvalue weighted by Crippen LogP contribution is -2.29. The van der Waals surface area contributed by atoms with Gasteiger partial charge in [0.15, 0.2) is 0 Å². The predicted octanol–water partition coefficient (Wildman–Crippen LogP) is 3.39. The maximum absolute atomic E-state index is 5.63. The molecule has 0 spiro atoms. The van der Waals surface area contributed by atoms with E-state index in [0.717, 1.165) is 12.3 Å². The fourth-order valence-electron chi connectivity index (χ4n) is 2.03. The minimum atomic E-state index is 0.317. The lowest BCUT2D eigenvalue weighted by Gasteiger charge is -2.20. The smallest absolute Gasteiger partial charge is 0.0473 e. The van der Waals surface area contributed by atoms with Crippen LogP contribution in [0.4, 0.5) is 0 Å². The number of nitrogens with two attached hydrogens (primary N) is 1. The van der Waals surface area contributed by atoms with Gasteiger partial charge in [-0.25, -0.2) is 0 Å². The first-order valence-electron chi connectivity index (χ1n) is 5.67. The van der Waals surface area contributed by atoms with Gasteiger partial charge in [0, 0.05) is 6.04 Å². The van der Waals surface area contributed by atoms with E-state index >= 15 is 0 Å². The van der Waals surface area contributed by atoms with E-state index in [9.17, 15) is 0 Å². The third-order valence-corrected chi connectivity index (χ3v) is 3.77. The van der Waals surface area contributed by atoms with Gasteiger partial charge in [-0.1, -0.05) is 26.7 Å². The van der Waals surface area contributed by atoms with Gasteiger partial charge in [0.25, 0.3) is 0 Å². The van der Waals surface area contributed by atoms with Crippen molar-refractivity contribution in [1.82, 2.24) is 5.43 Å². The number of aryl methyl sites for hydroxylation is 1. The molecule has 0 saturated heterocycles. The highest BCUT2D eigenvalue weighted by Gasteiger charge is 2.15. The zero-order valence-corrected chi connectivity index (χ0v) is 10.7. The lowest BCUT2D eigenvalue weighted by molar-refractivity contribution is 0.394. The van der Waals surface area contributed by atoms with Crippen molar-refractivity contribution in [3.63, 3.8) is 0 Å². The number of thiophene rings is 1. The largest absolute Gasteiger partial charge is 0.271 e. The Morgan fingerprint density at radius 2 is 2.20 bits per heavy atom. The van der Waals surface area contributed by atoms with Crippen LogP contribution in [0, 0.1) is 12.8 Å². The Balaban J connectivity index is 2.60. The van der Waals surface area contributed by atoms with Crippen LogP contribution in [0.2, 0.25) is 0 Å². The van der Waals surface area contributed by atoms with Crippen LogP contribution in [0.1, 0.15) is 50.3 Å². The molecule has 2 atom stereocenters. The van der Waals surface area contributed by atoms with Gasteiger partial charge in [0.2, 0.25) is 0 Å². The summed E-state index contributed by atoms with van der Waals surface area (Å²) in [5.41, 5.74) is 5.66. The van der Waals surface area contributed by atoms with Gasteiger partial charge in [0.1, 0.15) is 0 Å². The van der Waals surface area contributed by atoms with E-state index < -0.39 is 0 Å². The molecule has 0 aromatic carbocycles. The molecule has 0 aliphatic rings. The number of hydrogen-bond acceptors (Lipinski definition) is 3. The first-order valence-corrected chi connectivity index (χ1v) is 6.62. The molecule has 1 aromatic heterocycles. The third-order valence-electron chi connectivity index (χ3n) is 2.89. The second kappa shape index (κ2) is 6.26. The minimum Gasteiger partial charge on any atom is -0.271 e. The quantitative estimate of drug-likeness (QED) is 0.576. The van der Waals surface area contributed by atoms with Crippen LogP contribution in [0.25, 0.3) is 0 Å². The molecular weight excluding hydrogens is 204 g/mol. The fraction of sp³-hybridized carbons (Fsp3) is 0.667. The van der Waals surface area contributed by atoms with Crippen LogP contribution >= 0.6 is 11.3 Å². The van der Waals surface area contributed by atoms with Crippen molar-refractivity contribution < 1.29 is 0 Å². The minimum absolute atomic E-state index is 0.317. The molecule has 0 fully saturated rings. The van der Waals surface area contributed by atoms with Crippen molar-refractivity contribution in [2.45, 2.75) is 46.1 Å². The molecule has 0 amide bonds. The van der Waals surface area contributed by atoms with E-state index in [1.54, 1.807) is 11.3 Å². The predicted molar refractivity (Wildman–Crippen MR) is 67.8 cm³/mol. The van der Waals surface area contributed by atoms with Gasteiger partial charge < -0.3 is 0 Å². The van der Waals surface area contributed by atoms with Gasteiger partial charge in [-0.3, -0.25) is 11.3 Å². The van der Waals surface area contributed by atoms with E-state index in [2.05, 4.69) is 37.0 Å². The summed E-state index contributed by atoms with van der Waals surface area (Å²) in [6, 6.07) is 0.317. The zero-order valence-electron chi connectivity index (χ0n) is 9.92. The average molecular weight is 226 g/mol. The second-order valence-electron chi connectivity index (χ2n) is 4.36. The third kappa shape index (κ3) is 3.59. The molecule has 1 heterocycles. The van der Waals surface area contributed by atoms with Crippen molar-refractivity contribution in [3.05, 3.63) is 21.9 Å². The fourth-order valence-corrected chi connectivity index (χ4v) is 2.93. The van der Waals surface area contributed by atoms with E-state index in [1.165, 1.54) is 24.0 Å². The van der Waals surface area contributed by atoms with Gasteiger partial charge in [-0.15, -0.1) is 0 Å². The molecule has 86 valence electrons. The summed E-state index contributed by atoms with van der Waals surface area (Å²) in [5.74, 6) is 6.36. The highest BCUT2D eigenvalue weighted by Crippen LogP contribution is 2.27. The maximum Gasteiger partial charge on any atom is 0.0473 e. The van der Waals surface area contributed by atoms with Gasteiger partial charge >= 0.3 is 0 Å². The highest BCUT2D eigenvalue weighted by atomic mass is 32.1. The first kappa shape index (κ1) is 12.7. The Bertz CT molecular complexity index is 283. The molecule has 0 saturated carbocycles. The second-order valence-corrected chi connectivity index (χ2v) is 5.10. The monoisotopic (exact) mass is 226 g/mol. The standard InChI is InChI=1S/C12H22N2S/c1-4-5-9(2)6-12(14-13)11-8-15-7-10(11)3/h7-9,12,14H,4-6,13H2,1-3H3. The highest BCUT2D eigenvalue weighted by molar-refractivity contribution is 7.08. The Morgan fingerprint density at radius 3 is 2.67 bits per heavy atom. The molecule has 0 aliphatic carbocycles. The molecule has 1 rings (SSSR count). The summed E-state index contributed by atoms with van der Waals surface area (Å²) in [5, 5.41) is 4.39. The molecule has 3 N–H and O–H groups in total. The van der Waals surface area contributed by atoms with E-state index in [-0.39, 0.29) is 0 Å². The van der Waals surface area contributed by atoms with Crippen molar-refractivity contribution >= 4 is 11.3 Å². The van der Waals surface area contributed by atoms with Crippen LogP contribution in [-0.2, 0) is 0 Å². The summed E-state index contributed by atoms with van der Waals surface area (Å²) in [6.07, 6.45) is 3.66. The summed E-state index contributed by atoms with van der Waals surface area (Å²) >= 11 is 1.75. The number of hydrogen-bond donors (Lipinski definition) is 2. The van der Waals surface area contributed by atoms with Crippen LogP contribution in [0.5, 0.6) is 0 Å². The first-order chi connectivity index (χ1) is 7.19. The van der Waals surface area contributed by atoms with Gasteiger partial charge in [0.05, 0.1) is 0 Å². The van der Waals surface area contributed by atoms with Crippen LogP contribution in [0.3, 0.4) is 0 Å². The van der Waals surface area contributed by atoms with E-state index in [4.69, 9.17) is 5.84 Å². The molecule has 2 nitrogen and oxygen atoms in total. The van der Waals surface area contributed by atoms with E-state index in [0.29, 0.717) is 6.04 Å². The lowest BCUT2D eigenvalue weighted by atomic mass is 9.93. The zero-order chi connectivity index (χ0) is 11.3. The van der Waals surface area contributed by atoms with Crippen molar-refractivity contribution in [3.8, 4) is 0 Å². The topological polar surface area (TPSA) is 38.0 Å². The van der Waals surface area contributed by atoms with Gasteiger partial charge in [-0.2, -0.15) is 11.3 Å². The van der Waals surface area contributed by atoms with Crippen LogP contribution < -0.4 is 11.3 Å². The Morgan fingerprint density at radius 1 is 1.47 bits per heavy atom.